The van der Waals surface area contributed by atoms with Crippen molar-refractivity contribution >= 4 is 12.0 Å². The van der Waals surface area contributed by atoms with Crippen LogP contribution in [-0.2, 0) is 4.79 Å². The molecule has 2 rings (SSSR count). The van der Waals surface area contributed by atoms with Gasteiger partial charge in [0.05, 0.1) is 0 Å². The average Bonchev–Trinajstić information content (AvgIpc) is 2.85. The van der Waals surface area contributed by atoms with Crippen molar-refractivity contribution in [1.82, 2.24) is 10.2 Å². The third-order valence-electron chi connectivity index (χ3n) is 3.98. The topological polar surface area (TPSA) is 69.6 Å². The first-order valence-corrected chi connectivity index (χ1v) is 6.20. The molecule has 2 amide bonds. The van der Waals surface area contributed by atoms with Crippen LogP contribution >= 0.6 is 0 Å². The molecule has 2 aliphatic rings. The van der Waals surface area contributed by atoms with Gasteiger partial charge in [0.1, 0.15) is 6.04 Å². The quantitative estimate of drug-likeness (QED) is 0.781. The molecular weight excluding hydrogens is 220 g/mol. The highest BCUT2D eigenvalue weighted by Gasteiger charge is 2.41. The molecule has 0 aromatic rings. The number of nitrogens with one attached hydrogen (secondary N) is 1. The number of aliphatic carboxylic acids is 1. The van der Waals surface area contributed by atoms with E-state index < -0.39 is 12.0 Å². The number of amides is 2. The van der Waals surface area contributed by atoms with E-state index in [-0.39, 0.29) is 17.4 Å². The summed E-state index contributed by atoms with van der Waals surface area (Å²) in [5, 5.41) is 12.0. The van der Waals surface area contributed by atoms with Gasteiger partial charge < -0.3 is 15.3 Å². The van der Waals surface area contributed by atoms with Gasteiger partial charge in [-0.15, -0.1) is 0 Å². The van der Waals surface area contributed by atoms with Crippen LogP contribution in [0.5, 0.6) is 0 Å². The lowest BCUT2D eigenvalue weighted by molar-refractivity contribution is -0.142. The van der Waals surface area contributed by atoms with Crippen molar-refractivity contribution in [3.63, 3.8) is 0 Å². The molecule has 1 saturated heterocycles. The van der Waals surface area contributed by atoms with Crippen LogP contribution in [0.15, 0.2) is 0 Å². The summed E-state index contributed by atoms with van der Waals surface area (Å²) in [7, 11) is 0. The number of carbonyl (C=O) groups excluding carboxylic acids is 1. The van der Waals surface area contributed by atoms with E-state index in [1.54, 1.807) is 0 Å². The van der Waals surface area contributed by atoms with Gasteiger partial charge in [0.25, 0.3) is 0 Å². The van der Waals surface area contributed by atoms with Crippen LogP contribution in [0.4, 0.5) is 4.79 Å². The first-order valence-electron chi connectivity index (χ1n) is 6.20. The molecule has 5 nitrogen and oxygen atoms in total. The minimum absolute atomic E-state index is 0.0368. The van der Waals surface area contributed by atoms with Crippen LogP contribution in [0.2, 0.25) is 0 Å². The summed E-state index contributed by atoms with van der Waals surface area (Å²) >= 11 is 0. The first-order chi connectivity index (χ1) is 7.93. The van der Waals surface area contributed by atoms with Crippen molar-refractivity contribution in [2.75, 3.05) is 13.1 Å². The van der Waals surface area contributed by atoms with Crippen molar-refractivity contribution in [1.29, 1.82) is 0 Å². The zero-order valence-electron chi connectivity index (χ0n) is 10.4. The first kappa shape index (κ1) is 12.2. The Bertz CT molecular complexity index is 339. The van der Waals surface area contributed by atoms with Crippen LogP contribution in [0.1, 0.15) is 33.1 Å². The molecule has 2 atom stereocenters. The Balaban J connectivity index is 1.91. The molecule has 1 aliphatic heterocycles. The lowest BCUT2D eigenvalue weighted by Crippen LogP contribution is -2.48. The largest absolute Gasteiger partial charge is 0.480 e. The Hall–Kier alpha value is -1.26. The van der Waals surface area contributed by atoms with E-state index in [9.17, 15) is 9.59 Å². The number of likely N-dealkylation sites (tertiary alicyclic amines) is 1. The molecule has 0 bridgehead atoms. The molecule has 0 aromatic carbocycles. The number of carboxylic acids is 1. The van der Waals surface area contributed by atoms with Crippen LogP contribution in [-0.4, -0.2) is 41.1 Å². The Labute approximate surface area is 101 Å². The summed E-state index contributed by atoms with van der Waals surface area (Å²) in [5.74, 6) is -0.863. The van der Waals surface area contributed by atoms with Gasteiger partial charge in [0.2, 0.25) is 0 Å². The second-order valence-corrected chi connectivity index (χ2v) is 5.71. The molecule has 1 saturated carbocycles. The minimum Gasteiger partial charge on any atom is -0.480 e. The van der Waals surface area contributed by atoms with Crippen LogP contribution in [0.3, 0.4) is 0 Å². The van der Waals surface area contributed by atoms with Crippen molar-refractivity contribution in [2.24, 2.45) is 11.3 Å². The smallest absolute Gasteiger partial charge is 0.326 e. The van der Waals surface area contributed by atoms with E-state index in [0.717, 1.165) is 19.3 Å². The average molecular weight is 240 g/mol. The number of hydrogen-bond donors (Lipinski definition) is 2. The summed E-state index contributed by atoms with van der Waals surface area (Å²) in [6.07, 6.45) is 3.06. The Morgan fingerprint density at radius 3 is 2.65 bits per heavy atom. The molecule has 2 fully saturated rings. The molecular formula is C12H20N2O3. The van der Waals surface area contributed by atoms with E-state index >= 15 is 0 Å². The van der Waals surface area contributed by atoms with Crippen LogP contribution in [0.25, 0.3) is 0 Å². The molecule has 0 radical (unpaired) electrons. The molecule has 1 heterocycles. The highest BCUT2D eigenvalue weighted by molar-refractivity contribution is 5.83. The second kappa shape index (κ2) is 4.20. The fraction of sp³-hybridized carbons (Fsp3) is 0.833. The summed E-state index contributed by atoms with van der Waals surface area (Å²) in [6.45, 7) is 5.21. The predicted octanol–water partition coefficient (Wildman–Crippen LogP) is 1.29. The maximum absolute atomic E-state index is 11.9. The zero-order valence-corrected chi connectivity index (χ0v) is 10.4. The van der Waals surface area contributed by atoms with E-state index in [1.165, 1.54) is 4.90 Å². The van der Waals surface area contributed by atoms with Gasteiger partial charge in [-0.05, 0) is 30.6 Å². The Morgan fingerprint density at radius 1 is 1.47 bits per heavy atom. The molecule has 2 unspecified atom stereocenters. The number of carbonyl (C=O) groups is 2. The Morgan fingerprint density at radius 2 is 2.12 bits per heavy atom. The lowest BCUT2D eigenvalue weighted by atomic mass is 10.0. The number of rotatable bonds is 3. The number of carboxylic acid groups (broad SMARTS) is 1. The van der Waals surface area contributed by atoms with Crippen molar-refractivity contribution in [2.45, 2.75) is 39.2 Å². The maximum atomic E-state index is 11.9. The normalized spacial score (nSPS) is 30.1. The van der Waals surface area contributed by atoms with Gasteiger partial charge in [0, 0.05) is 13.1 Å². The van der Waals surface area contributed by atoms with Gasteiger partial charge in [-0.2, -0.15) is 0 Å². The van der Waals surface area contributed by atoms with Crippen molar-refractivity contribution < 1.29 is 14.7 Å². The van der Waals surface area contributed by atoms with Crippen molar-refractivity contribution in [3.05, 3.63) is 0 Å². The van der Waals surface area contributed by atoms with Gasteiger partial charge in [-0.1, -0.05) is 13.8 Å². The molecule has 0 spiro atoms. The number of nitrogens with zero attached hydrogens (tertiary/aromatic N) is 1. The van der Waals surface area contributed by atoms with Gasteiger partial charge in [-0.25, -0.2) is 9.59 Å². The second-order valence-electron chi connectivity index (χ2n) is 5.71. The van der Waals surface area contributed by atoms with E-state index in [0.29, 0.717) is 13.1 Å². The van der Waals surface area contributed by atoms with Gasteiger partial charge >= 0.3 is 12.0 Å². The summed E-state index contributed by atoms with van der Waals surface area (Å²) in [6, 6.07) is -0.892. The highest BCUT2D eigenvalue weighted by Crippen LogP contribution is 2.44. The van der Waals surface area contributed by atoms with Crippen LogP contribution in [0, 0.1) is 11.3 Å². The molecule has 96 valence electrons. The van der Waals surface area contributed by atoms with Gasteiger partial charge in [0.15, 0.2) is 0 Å². The fourth-order valence-electron chi connectivity index (χ4n) is 2.33. The number of hydrogen-bond acceptors (Lipinski definition) is 2. The predicted molar refractivity (Wildman–Crippen MR) is 62.7 cm³/mol. The Kier molecular flexibility index (Phi) is 3.02. The SMILES string of the molecule is CC1CCN(C(=O)NCC2(C)CC2)C1C(=O)O. The van der Waals surface area contributed by atoms with E-state index in [2.05, 4.69) is 12.2 Å². The zero-order chi connectivity index (χ0) is 12.6. The summed E-state index contributed by atoms with van der Waals surface area (Å²) in [5.41, 5.74) is 0.250. The fourth-order valence-corrected chi connectivity index (χ4v) is 2.33. The molecule has 1 aliphatic carbocycles. The third kappa shape index (κ3) is 2.53. The lowest BCUT2D eigenvalue weighted by Gasteiger charge is -2.24. The molecule has 0 aromatic heterocycles. The highest BCUT2D eigenvalue weighted by atomic mass is 16.4. The summed E-state index contributed by atoms with van der Waals surface area (Å²) in [4.78, 5) is 24.5. The van der Waals surface area contributed by atoms with Crippen molar-refractivity contribution in [3.8, 4) is 0 Å². The molecule has 5 heteroatoms. The van der Waals surface area contributed by atoms with Crippen LogP contribution < -0.4 is 5.32 Å². The standard InChI is InChI=1S/C12H20N2O3/c1-8-3-6-14(9(8)10(15)16)11(17)13-7-12(2)4-5-12/h8-9H,3-7H2,1-2H3,(H,13,17)(H,15,16). The maximum Gasteiger partial charge on any atom is 0.326 e. The minimum atomic E-state index is -0.900. The summed E-state index contributed by atoms with van der Waals surface area (Å²) < 4.78 is 0. The van der Waals surface area contributed by atoms with E-state index in [1.807, 2.05) is 6.92 Å². The van der Waals surface area contributed by atoms with Gasteiger partial charge in [-0.3, -0.25) is 0 Å². The molecule has 17 heavy (non-hydrogen) atoms. The monoisotopic (exact) mass is 240 g/mol. The number of urea groups is 1. The van der Waals surface area contributed by atoms with E-state index in [4.69, 9.17) is 5.11 Å². The third-order valence-corrected chi connectivity index (χ3v) is 3.98. The molecule has 2 N–H and O–H groups in total.